The third-order valence-electron chi connectivity index (χ3n) is 3.36. The van der Waals surface area contributed by atoms with E-state index < -0.39 is 15.9 Å². The summed E-state index contributed by atoms with van der Waals surface area (Å²) >= 11 is 11.8. The van der Waals surface area contributed by atoms with E-state index in [9.17, 15) is 13.2 Å². The third-order valence-corrected chi connectivity index (χ3v) is 5.94. The summed E-state index contributed by atoms with van der Waals surface area (Å²) in [4.78, 5) is 12.3. The zero-order valence-electron chi connectivity index (χ0n) is 13.7. The van der Waals surface area contributed by atoms with Crippen molar-refractivity contribution in [3.8, 4) is 5.75 Å². The van der Waals surface area contributed by atoms with E-state index in [0.717, 1.165) is 4.31 Å². The highest BCUT2D eigenvalue weighted by atomic mass is 35.5. The molecule has 0 aliphatic heterocycles. The van der Waals surface area contributed by atoms with Crippen molar-refractivity contribution in [2.45, 2.75) is 4.90 Å². The van der Waals surface area contributed by atoms with Gasteiger partial charge in [0.1, 0.15) is 10.6 Å². The lowest BCUT2D eigenvalue weighted by atomic mass is 10.2. The number of carbonyl (C=O) groups is 1. The van der Waals surface area contributed by atoms with Crippen molar-refractivity contribution in [1.82, 2.24) is 4.31 Å². The van der Waals surface area contributed by atoms with Crippen LogP contribution in [-0.4, -0.2) is 39.8 Å². The largest absolute Gasteiger partial charge is 0.495 e. The first-order valence-corrected chi connectivity index (χ1v) is 9.23. The maximum Gasteiger partial charge on any atom is 0.255 e. The van der Waals surface area contributed by atoms with Gasteiger partial charge in [-0.25, -0.2) is 12.7 Å². The van der Waals surface area contributed by atoms with E-state index in [4.69, 9.17) is 27.9 Å². The molecule has 0 spiro atoms. The van der Waals surface area contributed by atoms with Gasteiger partial charge in [-0.15, -0.1) is 0 Å². The second kappa shape index (κ2) is 7.61. The molecule has 1 amide bonds. The van der Waals surface area contributed by atoms with E-state index in [2.05, 4.69) is 5.32 Å². The smallest absolute Gasteiger partial charge is 0.255 e. The van der Waals surface area contributed by atoms with Crippen molar-refractivity contribution >= 4 is 44.8 Å². The minimum atomic E-state index is -3.77. The number of ether oxygens (including phenoxy) is 1. The van der Waals surface area contributed by atoms with Crippen molar-refractivity contribution in [2.75, 3.05) is 26.5 Å². The molecule has 6 nitrogen and oxygen atoms in total. The first kappa shape index (κ1) is 19.5. The molecule has 2 aromatic carbocycles. The minimum absolute atomic E-state index is 0.0956. The molecular formula is C16H16Cl2N2O4S. The summed E-state index contributed by atoms with van der Waals surface area (Å²) in [5, 5.41) is 3.30. The van der Waals surface area contributed by atoms with Crippen LogP contribution in [0, 0.1) is 0 Å². The molecule has 0 bridgehead atoms. The van der Waals surface area contributed by atoms with Crippen LogP contribution in [0.4, 0.5) is 5.69 Å². The number of benzene rings is 2. The van der Waals surface area contributed by atoms with E-state index in [1.54, 1.807) is 12.1 Å². The van der Waals surface area contributed by atoms with Gasteiger partial charge in [-0.2, -0.15) is 0 Å². The second-order valence-corrected chi connectivity index (χ2v) is 8.17. The van der Waals surface area contributed by atoms with Crippen LogP contribution in [0.25, 0.3) is 0 Å². The van der Waals surface area contributed by atoms with Gasteiger partial charge in [-0.05, 0) is 36.4 Å². The van der Waals surface area contributed by atoms with Crippen LogP contribution in [0.1, 0.15) is 10.4 Å². The van der Waals surface area contributed by atoms with E-state index in [1.165, 1.54) is 45.5 Å². The van der Waals surface area contributed by atoms with Gasteiger partial charge in [0.25, 0.3) is 5.91 Å². The third kappa shape index (κ3) is 4.24. The Morgan fingerprint density at radius 3 is 2.32 bits per heavy atom. The number of nitrogens with one attached hydrogen (secondary N) is 1. The van der Waals surface area contributed by atoms with E-state index in [1.807, 2.05) is 0 Å². The maximum absolute atomic E-state index is 12.4. The molecule has 1 N–H and O–H groups in total. The number of hydrogen-bond acceptors (Lipinski definition) is 4. The van der Waals surface area contributed by atoms with Crippen LogP contribution in [0.2, 0.25) is 10.0 Å². The number of sulfonamides is 1. The van der Waals surface area contributed by atoms with Gasteiger partial charge in [0, 0.05) is 25.3 Å². The monoisotopic (exact) mass is 402 g/mol. The highest BCUT2D eigenvalue weighted by Crippen LogP contribution is 2.28. The average molecular weight is 403 g/mol. The maximum atomic E-state index is 12.4. The predicted molar refractivity (Wildman–Crippen MR) is 98.3 cm³/mol. The molecule has 0 heterocycles. The zero-order chi connectivity index (χ0) is 18.8. The van der Waals surface area contributed by atoms with Crippen molar-refractivity contribution in [1.29, 1.82) is 0 Å². The predicted octanol–water partition coefficient (Wildman–Crippen LogP) is 3.50. The van der Waals surface area contributed by atoms with Crippen molar-refractivity contribution in [3.63, 3.8) is 0 Å². The van der Waals surface area contributed by atoms with Crippen LogP contribution in [0.15, 0.2) is 41.3 Å². The minimum Gasteiger partial charge on any atom is -0.495 e. The molecule has 0 saturated carbocycles. The first-order valence-electron chi connectivity index (χ1n) is 7.03. The molecule has 0 unspecified atom stereocenters. The number of halogens is 2. The molecule has 0 saturated heterocycles. The number of anilines is 1. The topological polar surface area (TPSA) is 75.7 Å². The molecule has 9 heteroatoms. The number of hydrogen-bond donors (Lipinski definition) is 1. The fraction of sp³-hybridized carbons (Fsp3) is 0.188. The van der Waals surface area contributed by atoms with Crippen LogP contribution < -0.4 is 10.1 Å². The highest BCUT2D eigenvalue weighted by Gasteiger charge is 2.24. The molecule has 0 radical (unpaired) electrons. The Hall–Kier alpha value is -1.80. The number of carbonyl (C=O) groups excluding carboxylic acids is 1. The standard InChI is InChI=1S/C16H16Cl2N2O4S/c1-20(2)25(22,23)15-8-10(4-7-14(15)24-3)16(21)19-11-5-6-12(17)13(18)9-11/h4-9H,1-3H3,(H,19,21). The number of nitrogens with zero attached hydrogens (tertiary/aromatic N) is 1. The Kier molecular flexibility index (Phi) is 5.95. The normalized spacial score (nSPS) is 11.4. The lowest BCUT2D eigenvalue weighted by molar-refractivity contribution is 0.102. The highest BCUT2D eigenvalue weighted by molar-refractivity contribution is 7.89. The lowest BCUT2D eigenvalue weighted by Crippen LogP contribution is -2.23. The van der Waals surface area contributed by atoms with E-state index >= 15 is 0 Å². The number of amides is 1. The van der Waals surface area contributed by atoms with Crippen LogP contribution in [0.3, 0.4) is 0 Å². The van der Waals surface area contributed by atoms with Gasteiger partial charge in [0.2, 0.25) is 10.0 Å². The summed E-state index contributed by atoms with van der Waals surface area (Å²) < 4.78 is 31.0. The molecule has 25 heavy (non-hydrogen) atoms. The molecule has 2 rings (SSSR count). The fourth-order valence-corrected chi connectivity index (χ4v) is 3.37. The van der Waals surface area contributed by atoms with E-state index in [-0.39, 0.29) is 16.2 Å². The van der Waals surface area contributed by atoms with Gasteiger partial charge in [-0.1, -0.05) is 23.2 Å². The van der Waals surface area contributed by atoms with Gasteiger partial charge >= 0.3 is 0 Å². The first-order chi connectivity index (χ1) is 11.7. The molecule has 0 aliphatic rings. The summed E-state index contributed by atoms with van der Waals surface area (Å²) in [7, 11) is 0.390. The Bertz CT molecular complexity index is 914. The molecule has 0 atom stereocenters. The number of methoxy groups -OCH3 is 1. The Morgan fingerprint density at radius 2 is 1.76 bits per heavy atom. The zero-order valence-corrected chi connectivity index (χ0v) is 16.0. The van der Waals surface area contributed by atoms with Gasteiger partial charge < -0.3 is 10.1 Å². The summed E-state index contributed by atoms with van der Waals surface area (Å²) in [6.45, 7) is 0. The fourth-order valence-electron chi connectivity index (χ4n) is 1.99. The van der Waals surface area contributed by atoms with Crippen molar-refractivity contribution in [3.05, 3.63) is 52.0 Å². The van der Waals surface area contributed by atoms with Gasteiger partial charge in [0.05, 0.1) is 17.2 Å². The Morgan fingerprint density at radius 1 is 1.08 bits per heavy atom. The van der Waals surface area contributed by atoms with Crippen LogP contribution in [0.5, 0.6) is 5.75 Å². The summed E-state index contributed by atoms with van der Waals surface area (Å²) in [6, 6.07) is 8.81. The summed E-state index contributed by atoms with van der Waals surface area (Å²) in [6.07, 6.45) is 0. The molecule has 134 valence electrons. The Balaban J connectivity index is 2.39. The molecule has 0 aliphatic carbocycles. The van der Waals surface area contributed by atoms with E-state index in [0.29, 0.717) is 15.7 Å². The quantitative estimate of drug-likeness (QED) is 0.829. The van der Waals surface area contributed by atoms with Crippen molar-refractivity contribution in [2.24, 2.45) is 0 Å². The number of rotatable bonds is 5. The molecule has 0 fully saturated rings. The van der Waals surface area contributed by atoms with Crippen molar-refractivity contribution < 1.29 is 17.9 Å². The van der Waals surface area contributed by atoms with Crippen LogP contribution >= 0.6 is 23.2 Å². The second-order valence-electron chi connectivity index (χ2n) is 5.24. The summed E-state index contributed by atoms with van der Waals surface area (Å²) in [5.41, 5.74) is 0.597. The average Bonchev–Trinajstić information content (AvgIpc) is 2.57. The Labute approximate surface area is 156 Å². The SMILES string of the molecule is COc1ccc(C(=O)Nc2ccc(Cl)c(Cl)c2)cc1S(=O)(=O)N(C)C. The molecular weight excluding hydrogens is 387 g/mol. The van der Waals surface area contributed by atoms with Crippen LogP contribution in [-0.2, 0) is 10.0 Å². The van der Waals surface area contributed by atoms with Gasteiger partial charge in [0.15, 0.2) is 0 Å². The molecule has 2 aromatic rings. The molecule has 0 aromatic heterocycles. The lowest BCUT2D eigenvalue weighted by Gasteiger charge is -2.15. The van der Waals surface area contributed by atoms with Gasteiger partial charge in [-0.3, -0.25) is 4.79 Å². The summed E-state index contributed by atoms with van der Waals surface area (Å²) in [5.74, 6) is -0.337.